The van der Waals surface area contributed by atoms with Gasteiger partial charge in [-0.25, -0.2) is 0 Å². The Balaban J connectivity index is 2.10. The molecule has 0 fully saturated rings. The van der Waals surface area contributed by atoms with Gasteiger partial charge in [0.1, 0.15) is 0 Å². The molecule has 2 aromatic carbocycles. The number of rotatable bonds is 21. The lowest BCUT2D eigenvalue weighted by Crippen LogP contribution is -2.40. The van der Waals surface area contributed by atoms with Crippen molar-refractivity contribution in [2.75, 3.05) is 65.1 Å². The van der Waals surface area contributed by atoms with E-state index in [2.05, 4.69) is 65.5 Å². The van der Waals surface area contributed by atoms with Crippen molar-refractivity contribution < 1.29 is 27.9 Å². The molecule has 0 aliphatic carbocycles. The van der Waals surface area contributed by atoms with Gasteiger partial charge in [0.2, 0.25) is 0 Å². The summed E-state index contributed by atoms with van der Waals surface area (Å²) in [7, 11) is -4.30. The summed E-state index contributed by atoms with van der Waals surface area (Å²) >= 11 is 0. The Bertz CT molecular complexity index is 1150. The lowest BCUT2D eigenvalue weighted by Gasteiger charge is -2.27. The molecule has 0 heterocycles. The van der Waals surface area contributed by atoms with Gasteiger partial charge < -0.3 is 28.1 Å². The molecule has 0 saturated heterocycles. The third-order valence-electron chi connectivity index (χ3n) is 6.76. The van der Waals surface area contributed by atoms with Gasteiger partial charge >= 0.3 is 0 Å². The van der Waals surface area contributed by atoms with E-state index in [4.69, 9.17) is 18.3 Å². The lowest BCUT2D eigenvalue weighted by atomic mass is 10.0. The second-order valence-electron chi connectivity index (χ2n) is 14.2. The molecule has 0 aliphatic rings. The summed E-state index contributed by atoms with van der Waals surface area (Å²) in [5.74, 6) is -0.0443. The van der Waals surface area contributed by atoms with Crippen LogP contribution in [0.1, 0.15) is 20.7 Å². The normalized spacial score (nSPS) is 12.2. The van der Waals surface area contributed by atoms with Crippen LogP contribution < -0.4 is 0 Å². The highest BCUT2D eigenvalue weighted by Crippen LogP contribution is 2.22. The van der Waals surface area contributed by atoms with Crippen LogP contribution in [0.2, 0.25) is 65.5 Å². The molecule has 2 rings (SSSR count). The van der Waals surface area contributed by atoms with E-state index in [0.29, 0.717) is 63.7 Å². The monoisotopic (exact) mass is 702 g/mol. The number of carbonyl (C=O) groups is 2. The van der Waals surface area contributed by atoms with E-state index >= 15 is 0 Å². The highest BCUT2D eigenvalue weighted by Gasteiger charge is 2.21. The van der Waals surface area contributed by atoms with E-state index in [1.807, 2.05) is 58.3 Å². The van der Waals surface area contributed by atoms with Crippen molar-refractivity contribution in [2.45, 2.75) is 65.5 Å². The van der Waals surface area contributed by atoms with E-state index < -0.39 is 34.2 Å². The van der Waals surface area contributed by atoms with Gasteiger partial charge in [-0.3, -0.25) is 9.59 Å². The van der Waals surface area contributed by atoms with E-state index in [1.54, 1.807) is 0 Å². The van der Waals surface area contributed by atoms with Gasteiger partial charge in [-0.15, -0.1) is 0 Å². The van der Waals surface area contributed by atoms with E-state index in [9.17, 15) is 9.59 Å². The zero-order valence-electron chi connectivity index (χ0n) is 30.0. The number of nitrogens with zero attached hydrogens (tertiary/aromatic N) is 2. The van der Waals surface area contributed by atoms with E-state index in [0.717, 1.165) is 23.6 Å². The summed E-state index contributed by atoms with van der Waals surface area (Å²) < 4.78 is 23.7. The van der Waals surface area contributed by atoms with Crippen LogP contribution in [0, 0.1) is 0 Å². The minimum Gasteiger partial charge on any atom is -0.416 e. The molecule has 0 aromatic heterocycles. The Labute approximate surface area is 284 Å². The highest BCUT2D eigenvalue weighted by atomic mass is 28.4. The molecule has 0 bridgehead atoms. The lowest BCUT2D eigenvalue weighted by molar-refractivity contribution is 0.0598. The molecule has 0 N–H and O–H groups in total. The molecule has 12 heteroatoms. The topological polar surface area (TPSA) is 77.5 Å². The quantitative estimate of drug-likeness (QED) is 0.108. The zero-order chi connectivity index (χ0) is 34.3. The Kier molecular flexibility index (Phi) is 17.3. The van der Waals surface area contributed by atoms with Gasteiger partial charge in [0.25, 0.3) is 11.8 Å². The maximum Gasteiger partial charge on any atom is 0.254 e. The first kappa shape index (κ1) is 40.3. The van der Waals surface area contributed by atoms with E-state index in [-0.39, 0.29) is 11.8 Å². The number of carbonyl (C=O) groups excluding carboxylic acids is 2. The van der Waals surface area contributed by atoms with Crippen molar-refractivity contribution in [1.82, 2.24) is 9.80 Å². The average molecular weight is 703 g/mol. The Morgan fingerprint density at radius 2 is 0.848 bits per heavy atom. The van der Waals surface area contributed by atoms with Crippen molar-refractivity contribution in [3.05, 3.63) is 59.7 Å². The molecule has 0 spiro atoms. The van der Waals surface area contributed by atoms with Crippen molar-refractivity contribution in [3.63, 3.8) is 0 Å². The average Bonchev–Trinajstić information content (AvgIpc) is 2.97. The SMILES string of the molecule is C[Si](C)COCCN(CCOC[Si](C)C)C(=O)c1ccc(-c2ccc(C(=O)N(CCO[Si](C)(C)C)CCO[Si](C)(C)C)cc2)cc1. The largest absolute Gasteiger partial charge is 0.416 e. The summed E-state index contributed by atoms with van der Waals surface area (Å²) in [6, 6.07) is 15.4. The summed E-state index contributed by atoms with van der Waals surface area (Å²) in [5, 5.41) is 0. The summed E-state index contributed by atoms with van der Waals surface area (Å²) in [6.45, 7) is 26.0. The molecule has 2 radical (unpaired) electrons. The summed E-state index contributed by atoms with van der Waals surface area (Å²) in [5.41, 5.74) is 3.24. The first-order valence-electron chi connectivity index (χ1n) is 16.4. The van der Waals surface area contributed by atoms with Crippen molar-refractivity contribution >= 4 is 46.0 Å². The maximum absolute atomic E-state index is 13.5. The smallest absolute Gasteiger partial charge is 0.254 e. The zero-order valence-corrected chi connectivity index (χ0v) is 34.0. The maximum atomic E-state index is 13.5. The number of hydrogen-bond donors (Lipinski definition) is 0. The van der Waals surface area contributed by atoms with Gasteiger partial charge in [0.05, 0.1) is 44.0 Å². The van der Waals surface area contributed by atoms with Crippen molar-refractivity contribution in [3.8, 4) is 11.1 Å². The molecule has 8 nitrogen and oxygen atoms in total. The predicted molar refractivity (Wildman–Crippen MR) is 199 cm³/mol. The number of amides is 2. The number of hydrogen-bond acceptors (Lipinski definition) is 6. The summed E-state index contributed by atoms with van der Waals surface area (Å²) in [6.07, 6.45) is 1.55. The first-order chi connectivity index (χ1) is 21.6. The van der Waals surface area contributed by atoms with Crippen LogP contribution in [0.5, 0.6) is 0 Å². The molecule has 46 heavy (non-hydrogen) atoms. The third kappa shape index (κ3) is 16.3. The molecule has 256 valence electrons. The minimum atomic E-state index is -1.68. The van der Waals surface area contributed by atoms with Gasteiger partial charge in [-0.05, 0) is 74.7 Å². The fourth-order valence-electron chi connectivity index (χ4n) is 4.43. The Morgan fingerprint density at radius 1 is 0.543 bits per heavy atom. The predicted octanol–water partition coefficient (Wildman–Crippen LogP) is 6.56. The molecule has 0 atom stereocenters. The van der Waals surface area contributed by atoms with Gasteiger partial charge in [0, 0.05) is 49.8 Å². The molecule has 0 unspecified atom stereocenters. The molecule has 0 aliphatic heterocycles. The van der Waals surface area contributed by atoms with Crippen LogP contribution in [0.4, 0.5) is 0 Å². The minimum absolute atomic E-state index is 0.0203. The second-order valence-corrected chi connectivity index (χ2v) is 28.6. The summed E-state index contributed by atoms with van der Waals surface area (Å²) in [4.78, 5) is 30.7. The van der Waals surface area contributed by atoms with Crippen LogP contribution in [0.3, 0.4) is 0 Å². The van der Waals surface area contributed by atoms with Crippen LogP contribution >= 0.6 is 0 Å². The highest BCUT2D eigenvalue weighted by molar-refractivity contribution is 6.70. The molecule has 2 aromatic rings. The van der Waals surface area contributed by atoms with Crippen LogP contribution in [-0.2, 0) is 18.3 Å². The first-order valence-corrected chi connectivity index (χ1v) is 28.6. The molecular weight excluding hydrogens is 645 g/mol. The fourth-order valence-corrected chi connectivity index (χ4v) is 6.94. The second kappa shape index (κ2) is 19.8. The van der Waals surface area contributed by atoms with Gasteiger partial charge in [0.15, 0.2) is 16.6 Å². The van der Waals surface area contributed by atoms with Crippen LogP contribution in [0.25, 0.3) is 11.1 Å². The Morgan fingerprint density at radius 3 is 1.13 bits per heavy atom. The van der Waals surface area contributed by atoms with E-state index in [1.165, 1.54) is 0 Å². The standard InChI is InChI=1S/C34H58N2O6Si4/c1-43(2)27-39-23-19-35(20-24-40-28-44(3)4)33(37)31-15-11-29(12-16-31)30-13-17-32(18-14-30)34(38)36(21-25-41-45(5,6)7)22-26-42-46(8,9)10/h11-18H,19-28H2,1-10H3. The molecule has 0 saturated carbocycles. The number of ether oxygens (including phenoxy) is 2. The van der Waals surface area contributed by atoms with Gasteiger partial charge in [-0.2, -0.15) is 0 Å². The van der Waals surface area contributed by atoms with Gasteiger partial charge in [-0.1, -0.05) is 50.5 Å². The Hall–Kier alpha value is -1.91. The molecular formula is C34H58N2O6Si4. The third-order valence-corrected chi connectivity index (χ3v) is 10.5. The van der Waals surface area contributed by atoms with Crippen molar-refractivity contribution in [2.24, 2.45) is 0 Å². The van der Waals surface area contributed by atoms with Crippen LogP contribution in [0.15, 0.2) is 48.5 Å². The van der Waals surface area contributed by atoms with Crippen molar-refractivity contribution in [1.29, 1.82) is 0 Å². The molecule has 2 amide bonds. The van der Waals surface area contributed by atoms with Crippen LogP contribution in [-0.4, -0.2) is 121 Å². The fraction of sp³-hybridized carbons (Fsp3) is 0.588. The number of benzene rings is 2.